The lowest BCUT2D eigenvalue weighted by Gasteiger charge is -2.51. The molecule has 8 fully saturated rings. The van der Waals surface area contributed by atoms with Gasteiger partial charge < -0.3 is 104 Å². The number of hydrogen-bond donors (Lipinski definition) is 1. The van der Waals surface area contributed by atoms with Crippen LogP contribution in [0.2, 0.25) is 0 Å². The molecule has 112 heavy (non-hydrogen) atoms. The Balaban J connectivity index is 0.820. The Morgan fingerprint density at radius 1 is 0.429 bits per heavy atom. The van der Waals surface area contributed by atoms with E-state index in [1.807, 2.05) is 217 Å². The van der Waals surface area contributed by atoms with Crippen LogP contribution in [0.15, 0.2) is 182 Å². The zero-order valence-electron chi connectivity index (χ0n) is 65.9. The standard InChI is InChI=1S/C88H111NO23/c1-53-42-98-83(78(96-47-66-38-26-16-27-39-66)70(53)110-88-52-93-51-87(88,50-92-44-63-32-20-13-21-33-63)111-82(112-88)67-40-28-17-29-41-67)106-74-58(6)99-68(49-97-79-77(75(103-61(9)90)59(7)101-84(79)102-60(8)89)107-85-80-73(54(2)57(5)100-85)108-86(10,11)109-80)55(3)72(74)105-81-56(4)71(94-45-64-34-22-14-23-35-64)76(95-46-65-36-24-15-25-37-65)69(104-81)48-91-43-62-30-18-12-19-31-62/h12-41,53-59,68-85,89H,42-52H2,1-11H3/t53-,54+,55-,56-,57?,58?,59?,68-,69?,70?,71?,72?,73-,74-,75-,76-,77?,78-,79-,80?,81-,82-,83-,84-,85+,87?,88-/m1/s1. The Hall–Kier alpha value is -6.54. The fourth-order valence-electron chi connectivity index (χ4n) is 16.5. The van der Waals surface area contributed by atoms with Gasteiger partial charge in [-0.25, -0.2) is 0 Å². The Labute approximate surface area is 657 Å². The van der Waals surface area contributed by atoms with Gasteiger partial charge in [-0.3, -0.25) is 10.2 Å². The number of fused-ring (bicyclic) bond motifs is 2. The lowest BCUT2D eigenvalue weighted by atomic mass is 9.87. The molecule has 24 heteroatoms. The van der Waals surface area contributed by atoms with Gasteiger partial charge in [0.15, 0.2) is 48.5 Å². The Kier molecular flexibility index (Phi) is 27.2. The van der Waals surface area contributed by atoms with E-state index in [9.17, 15) is 4.79 Å². The van der Waals surface area contributed by atoms with E-state index in [4.69, 9.17) is 110 Å². The minimum Gasteiger partial charge on any atom is -0.457 e. The summed E-state index contributed by atoms with van der Waals surface area (Å²) in [5, 5.41) is 8.70. The van der Waals surface area contributed by atoms with E-state index in [2.05, 4.69) is 20.8 Å². The third-order valence-corrected chi connectivity index (χ3v) is 22.6. The number of rotatable bonds is 31. The summed E-state index contributed by atoms with van der Waals surface area (Å²) >= 11 is 0. The van der Waals surface area contributed by atoms with Crippen LogP contribution in [0.4, 0.5) is 0 Å². The first-order valence-corrected chi connectivity index (χ1v) is 39.6. The molecule has 0 radical (unpaired) electrons. The van der Waals surface area contributed by atoms with Crippen molar-refractivity contribution in [3.05, 3.63) is 215 Å². The summed E-state index contributed by atoms with van der Waals surface area (Å²) in [6.45, 7) is 21.9. The van der Waals surface area contributed by atoms with E-state index in [-0.39, 0.29) is 83.3 Å². The molecule has 6 aromatic carbocycles. The molecule has 27 atom stereocenters. The van der Waals surface area contributed by atoms with Gasteiger partial charge in [-0.15, -0.1) is 0 Å². The molecule has 0 amide bonds. The molecular weight excluding hydrogens is 1440 g/mol. The SMILES string of the molecule is CC(=N)O[C@H]1OC(C)[C@@H](OC(C)=O)C(O[C@@H]2OC(C)[C@H](C)[C@H]3OC(C)(C)OC23)[C@H]1OC[C@H]1OC(C)[C@@H](O[C@H]2OC[C@@H](C)C(O[C@@]34COCC3(COCc3ccccc3)O[C@@H](c3ccccc3)O4)[C@H]2OCc2ccccc2)C(O[C@H]2OC(COCc3ccccc3)[C@@H](OCc3ccccc3)C(OCc3ccccc3)[C@H]2C)[C@@H]1C. The zero-order valence-corrected chi connectivity index (χ0v) is 65.9. The summed E-state index contributed by atoms with van der Waals surface area (Å²) in [4.78, 5) is 13.3. The van der Waals surface area contributed by atoms with E-state index in [1.54, 1.807) is 6.92 Å². The van der Waals surface area contributed by atoms with E-state index in [0.29, 0.717) is 13.2 Å². The van der Waals surface area contributed by atoms with E-state index in [0.717, 1.165) is 33.4 Å². The number of benzene rings is 6. The summed E-state index contributed by atoms with van der Waals surface area (Å²) in [7, 11) is 0. The van der Waals surface area contributed by atoms with Gasteiger partial charge in [0, 0.05) is 43.1 Å². The highest BCUT2D eigenvalue weighted by Gasteiger charge is 2.69. The van der Waals surface area contributed by atoms with Crippen LogP contribution < -0.4 is 0 Å². The van der Waals surface area contributed by atoms with Crippen molar-refractivity contribution in [2.75, 3.05) is 39.6 Å². The smallest absolute Gasteiger partial charge is 0.303 e. The molecule has 6 aromatic rings. The molecule has 14 rings (SSSR count). The molecule has 0 aliphatic carbocycles. The number of ether oxygens (including phenoxy) is 22. The molecule has 24 nitrogen and oxygen atoms in total. The van der Waals surface area contributed by atoms with Crippen molar-refractivity contribution >= 4 is 11.9 Å². The second kappa shape index (κ2) is 37.2. The zero-order chi connectivity index (χ0) is 78.1. The van der Waals surface area contributed by atoms with Crippen molar-refractivity contribution in [3.63, 3.8) is 0 Å². The minimum atomic E-state index is -1.53. The van der Waals surface area contributed by atoms with Gasteiger partial charge in [0.05, 0.1) is 115 Å². The van der Waals surface area contributed by atoms with E-state index < -0.39 is 158 Å². The maximum Gasteiger partial charge on any atom is 0.303 e. The van der Waals surface area contributed by atoms with Crippen molar-refractivity contribution in [3.8, 4) is 0 Å². The Morgan fingerprint density at radius 2 is 0.946 bits per heavy atom. The quantitative estimate of drug-likeness (QED) is 0.0241. The minimum absolute atomic E-state index is 0.00910. The van der Waals surface area contributed by atoms with Gasteiger partial charge in [-0.05, 0) is 62.4 Å². The monoisotopic (exact) mass is 1550 g/mol. The van der Waals surface area contributed by atoms with Gasteiger partial charge in [0.2, 0.25) is 12.1 Å². The third kappa shape index (κ3) is 19.3. The normalized spacial score (nSPS) is 37.0. The summed E-state index contributed by atoms with van der Waals surface area (Å²) < 4.78 is 153. The molecule has 8 saturated heterocycles. The van der Waals surface area contributed by atoms with Crippen LogP contribution in [0, 0.1) is 29.1 Å². The molecule has 0 saturated carbocycles. The van der Waals surface area contributed by atoms with Crippen molar-refractivity contribution < 1.29 is 109 Å². The van der Waals surface area contributed by atoms with Crippen LogP contribution in [-0.4, -0.2) is 192 Å². The highest BCUT2D eigenvalue weighted by atomic mass is 16.9. The van der Waals surface area contributed by atoms with Crippen LogP contribution in [0.3, 0.4) is 0 Å². The van der Waals surface area contributed by atoms with Crippen LogP contribution in [0.1, 0.15) is 116 Å². The first-order valence-electron chi connectivity index (χ1n) is 39.6. The van der Waals surface area contributed by atoms with Crippen molar-refractivity contribution in [1.82, 2.24) is 0 Å². The van der Waals surface area contributed by atoms with Crippen LogP contribution in [-0.2, 0) is 142 Å². The van der Waals surface area contributed by atoms with Crippen LogP contribution in [0.25, 0.3) is 0 Å². The first kappa shape index (κ1) is 82.0. The summed E-state index contributed by atoms with van der Waals surface area (Å²) in [6, 6.07) is 59.7. The Morgan fingerprint density at radius 3 is 1.54 bits per heavy atom. The van der Waals surface area contributed by atoms with Gasteiger partial charge >= 0.3 is 5.97 Å². The highest BCUT2D eigenvalue weighted by molar-refractivity contribution is 5.69. The molecule has 0 bridgehead atoms. The number of hydrogen-bond acceptors (Lipinski definition) is 24. The summed E-state index contributed by atoms with van der Waals surface area (Å²) in [5.74, 6) is -4.80. The Bertz CT molecular complexity index is 3900. The molecule has 8 aliphatic heterocycles. The molecule has 1 N–H and O–H groups in total. The molecule has 0 aromatic heterocycles. The average Bonchev–Trinajstić information content (AvgIpc) is 1.56. The van der Waals surface area contributed by atoms with Gasteiger partial charge in [-0.1, -0.05) is 210 Å². The molecule has 606 valence electrons. The van der Waals surface area contributed by atoms with Gasteiger partial charge in [-0.2, -0.15) is 0 Å². The molecule has 8 aliphatic rings. The molecule has 10 unspecified atom stereocenters. The fourth-order valence-corrected chi connectivity index (χ4v) is 16.5. The average molecular weight is 1550 g/mol. The third-order valence-electron chi connectivity index (χ3n) is 22.6. The van der Waals surface area contributed by atoms with Gasteiger partial charge in [0.1, 0.15) is 49.3 Å². The number of esters is 1. The first-order chi connectivity index (χ1) is 54.2. The lowest BCUT2D eigenvalue weighted by molar-refractivity contribution is -0.372. The largest absolute Gasteiger partial charge is 0.457 e. The number of carbonyl (C=O) groups excluding carboxylic acids is 1. The predicted octanol–water partition coefficient (Wildman–Crippen LogP) is 12.7. The van der Waals surface area contributed by atoms with Crippen LogP contribution >= 0.6 is 0 Å². The van der Waals surface area contributed by atoms with E-state index >= 15 is 0 Å². The van der Waals surface area contributed by atoms with Gasteiger partial charge in [0.25, 0.3) is 0 Å². The maximum absolute atomic E-state index is 13.3. The van der Waals surface area contributed by atoms with Crippen molar-refractivity contribution in [2.45, 2.75) is 255 Å². The number of carbonyl (C=O) groups is 1. The lowest BCUT2D eigenvalue weighted by Crippen LogP contribution is -2.65. The maximum atomic E-state index is 13.3. The predicted molar refractivity (Wildman–Crippen MR) is 406 cm³/mol. The topological polar surface area (TPSA) is 244 Å². The second-order valence-corrected chi connectivity index (χ2v) is 31.6. The van der Waals surface area contributed by atoms with Crippen molar-refractivity contribution in [2.24, 2.45) is 23.7 Å². The molecule has 8 heterocycles. The number of nitrogens with one attached hydrogen (secondary N) is 1. The molecular formula is C88H111NO23. The van der Waals surface area contributed by atoms with Crippen molar-refractivity contribution in [1.29, 1.82) is 5.41 Å². The van der Waals surface area contributed by atoms with Crippen LogP contribution in [0.5, 0.6) is 0 Å². The molecule has 0 spiro atoms. The van der Waals surface area contributed by atoms with E-state index in [1.165, 1.54) is 13.8 Å². The highest BCUT2D eigenvalue weighted by Crippen LogP contribution is 2.53. The fraction of sp³-hybridized carbons (Fsp3) is 0.568. The summed E-state index contributed by atoms with van der Waals surface area (Å²) in [5.41, 5.74) is 4.36. The second-order valence-electron chi connectivity index (χ2n) is 31.6. The summed E-state index contributed by atoms with van der Waals surface area (Å²) in [6.07, 6.45) is -18.3.